The van der Waals surface area contributed by atoms with Gasteiger partial charge in [-0.1, -0.05) is 29.8 Å². The molecule has 2 aromatic carbocycles. The van der Waals surface area contributed by atoms with Gasteiger partial charge in [0.2, 0.25) is 0 Å². The van der Waals surface area contributed by atoms with Crippen LogP contribution in [0.5, 0.6) is 0 Å². The van der Waals surface area contributed by atoms with Crippen molar-refractivity contribution < 1.29 is 0 Å². The fourth-order valence-electron chi connectivity index (χ4n) is 3.64. The molecule has 0 saturated heterocycles. The fraction of sp³-hybridized carbons (Fsp3) is 0.200. The number of rotatable bonds is 2. The molecule has 4 heteroatoms. The van der Waals surface area contributed by atoms with Crippen LogP contribution in [0.2, 0.25) is 0 Å². The van der Waals surface area contributed by atoms with E-state index in [-0.39, 0.29) is 0 Å². The maximum absolute atomic E-state index is 4.95. The van der Waals surface area contributed by atoms with Crippen LogP contribution in [0, 0.1) is 6.92 Å². The summed E-state index contributed by atoms with van der Waals surface area (Å²) in [7, 11) is 0. The highest BCUT2D eigenvalue weighted by Crippen LogP contribution is 2.38. The van der Waals surface area contributed by atoms with Crippen LogP contribution in [0.4, 0.5) is 0 Å². The van der Waals surface area contributed by atoms with E-state index in [0.717, 1.165) is 24.2 Å². The third kappa shape index (κ3) is 2.10. The highest BCUT2D eigenvalue weighted by molar-refractivity contribution is 7.16. The molecule has 0 aliphatic carbocycles. The van der Waals surface area contributed by atoms with Gasteiger partial charge in [-0.3, -0.25) is 4.68 Å². The van der Waals surface area contributed by atoms with Crippen molar-refractivity contribution in [2.24, 2.45) is 0 Å². The molecule has 0 fully saturated rings. The number of hydrogen-bond acceptors (Lipinski definition) is 3. The number of nitrogens with zero attached hydrogens (tertiary/aromatic N) is 3. The van der Waals surface area contributed by atoms with Crippen molar-refractivity contribution in [3.8, 4) is 22.4 Å². The average Bonchev–Trinajstić information content (AvgIpc) is 3.29. The van der Waals surface area contributed by atoms with Crippen LogP contribution in [0.3, 0.4) is 0 Å². The molecule has 5 rings (SSSR count). The molecule has 0 bridgehead atoms. The Kier molecular flexibility index (Phi) is 3.06. The van der Waals surface area contributed by atoms with Crippen LogP contribution in [0.15, 0.2) is 48.0 Å². The second-order valence-corrected chi connectivity index (χ2v) is 7.29. The molecule has 0 atom stereocenters. The van der Waals surface area contributed by atoms with Gasteiger partial charge in [0.25, 0.3) is 0 Å². The molecule has 4 aromatic rings. The lowest BCUT2D eigenvalue weighted by Crippen LogP contribution is -1.94. The Morgan fingerprint density at radius 1 is 1.08 bits per heavy atom. The van der Waals surface area contributed by atoms with Gasteiger partial charge in [-0.05, 0) is 43.5 Å². The maximum Gasteiger partial charge on any atom is 0.100 e. The van der Waals surface area contributed by atoms with Gasteiger partial charge in [-0.25, -0.2) is 4.98 Å². The van der Waals surface area contributed by atoms with E-state index in [9.17, 15) is 0 Å². The van der Waals surface area contributed by atoms with E-state index in [1.54, 1.807) is 11.3 Å². The molecule has 3 nitrogen and oxygen atoms in total. The average molecular weight is 331 g/mol. The molecule has 1 aliphatic heterocycles. The summed E-state index contributed by atoms with van der Waals surface area (Å²) >= 11 is 1.70. The van der Waals surface area contributed by atoms with Crippen molar-refractivity contribution in [2.45, 2.75) is 26.3 Å². The summed E-state index contributed by atoms with van der Waals surface area (Å²) in [5, 5.41) is 4.95. The van der Waals surface area contributed by atoms with Crippen molar-refractivity contribution in [3.05, 3.63) is 59.2 Å². The highest BCUT2D eigenvalue weighted by atomic mass is 32.1. The summed E-state index contributed by atoms with van der Waals surface area (Å²) in [5.74, 6) is 0. The van der Waals surface area contributed by atoms with Crippen LogP contribution >= 0.6 is 11.3 Å². The number of benzene rings is 2. The van der Waals surface area contributed by atoms with Crippen LogP contribution < -0.4 is 0 Å². The summed E-state index contributed by atoms with van der Waals surface area (Å²) in [5.41, 5.74) is 10.5. The Balaban J connectivity index is 1.77. The lowest BCUT2D eigenvalue weighted by molar-refractivity contribution is 0.659. The molecule has 0 unspecified atom stereocenters. The molecule has 118 valence electrons. The van der Waals surface area contributed by atoms with Crippen LogP contribution in [-0.4, -0.2) is 14.8 Å². The first-order valence-corrected chi connectivity index (χ1v) is 9.18. The first-order chi connectivity index (χ1) is 11.8. The number of aromatic nitrogens is 3. The van der Waals surface area contributed by atoms with E-state index >= 15 is 0 Å². The Morgan fingerprint density at radius 3 is 2.96 bits per heavy atom. The van der Waals surface area contributed by atoms with Gasteiger partial charge >= 0.3 is 0 Å². The molecule has 24 heavy (non-hydrogen) atoms. The van der Waals surface area contributed by atoms with E-state index < -0.39 is 0 Å². The van der Waals surface area contributed by atoms with E-state index in [2.05, 4.69) is 59.1 Å². The second-order valence-electron chi connectivity index (χ2n) is 6.40. The molecular weight excluding hydrogens is 314 g/mol. The van der Waals surface area contributed by atoms with Gasteiger partial charge < -0.3 is 0 Å². The summed E-state index contributed by atoms with van der Waals surface area (Å²) in [6.45, 7) is 3.16. The Hall–Kier alpha value is -2.46. The van der Waals surface area contributed by atoms with E-state index in [1.807, 2.05) is 5.51 Å². The third-order valence-electron chi connectivity index (χ3n) is 4.75. The Labute approximate surface area is 144 Å². The van der Waals surface area contributed by atoms with Gasteiger partial charge in [0.05, 0.1) is 15.7 Å². The molecule has 1 aliphatic rings. The van der Waals surface area contributed by atoms with Crippen LogP contribution in [0.1, 0.15) is 17.7 Å². The molecule has 0 amide bonds. The fourth-order valence-corrected chi connectivity index (χ4v) is 4.36. The molecule has 0 N–H and O–H groups in total. The minimum absolute atomic E-state index is 1.02. The Morgan fingerprint density at radius 2 is 2.04 bits per heavy atom. The quantitative estimate of drug-likeness (QED) is 0.513. The van der Waals surface area contributed by atoms with Crippen molar-refractivity contribution in [1.29, 1.82) is 0 Å². The molecular formula is C20H17N3S. The number of aryl methyl sites for hydroxylation is 2. The first-order valence-electron chi connectivity index (χ1n) is 8.30. The topological polar surface area (TPSA) is 30.7 Å². The smallest absolute Gasteiger partial charge is 0.100 e. The zero-order valence-electron chi connectivity index (χ0n) is 13.5. The second kappa shape index (κ2) is 5.28. The van der Waals surface area contributed by atoms with Crippen molar-refractivity contribution in [3.63, 3.8) is 0 Å². The summed E-state index contributed by atoms with van der Waals surface area (Å²) < 4.78 is 3.43. The van der Waals surface area contributed by atoms with E-state index in [4.69, 9.17) is 5.10 Å². The van der Waals surface area contributed by atoms with Crippen LogP contribution in [0.25, 0.3) is 32.6 Å². The zero-order chi connectivity index (χ0) is 16.1. The predicted octanol–water partition coefficient (Wildman–Crippen LogP) is 5.08. The third-order valence-corrected chi connectivity index (χ3v) is 5.54. The minimum atomic E-state index is 1.02. The standard InChI is InChI=1S/C20H17N3S/c1-13-4-2-5-15(10-13)20-19(17-6-3-9-23(17)22-20)14-7-8-16-18(11-14)24-12-21-16/h2,4-5,7-8,10-12H,3,6,9H2,1H3. The summed E-state index contributed by atoms with van der Waals surface area (Å²) in [6, 6.07) is 15.2. The number of fused-ring (bicyclic) bond motifs is 2. The summed E-state index contributed by atoms with van der Waals surface area (Å²) in [4.78, 5) is 4.40. The predicted molar refractivity (Wildman–Crippen MR) is 99.3 cm³/mol. The largest absolute Gasteiger partial charge is 0.268 e. The molecule has 3 heterocycles. The van der Waals surface area contributed by atoms with E-state index in [1.165, 1.54) is 39.1 Å². The Bertz CT molecular complexity index is 1060. The van der Waals surface area contributed by atoms with Crippen molar-refractivity contribution in [2.75, 3.05) is 0 Å². The first kappa shape index (κ1) is 13.9. The number of thiazole rings is 1. The van der Waals surface area contributed by atoms with Crippen molar-refractivity contribution >= 4 is 21.6 Å². The molecule has 0 saturated carbocycles. The van der Waals surface area contributed by atoms with E-state index in [0.29, 0.717) is 0 Å². The molecule has 0 radical (unpaired) electrons. The van der Waals surface area contributed by atoms with Gasteiger partial charge in [0.1, 0.15) is 5.69 Å². The van der Waals surface area contributed by atoms with Crippen LogP contribution in [-0.2, 0) is 13.0 Å². The monoisotopic (exact) mass is 331 g/mol. The zero-order valence-corrected chi connectivity index (χ0v) is 14.3. The lowest BCUT2D eigenvalue weighted by Gasteiger charge is -2.06. The van der Waals surface area contributed by atoms with Gasteiger partial charge in [-0.2, -0.15) is 5.10 Å². The highest BCUT2D eigenvalue weighted by Gasteiger charge is 2.24. The maximum atomic E-state index is 4.95. The normalized spacial score (nSPS) is 13.5. The van der Waals surface area contributed by atoms with Gasteiger partial charge in [-0.15, -0.1) is 11.3 Å². The lowest BCUT2D eigenvalue weighted by atomic mass is 9.97. The molecule has 2 aromatic heterocycles. The number of hydrogen-bond donors (Lipinski definition) is 0. The molecule has 0 spiro atoms. The summed E-state index contributed by atoms with van der Waals surface area (Å²) in [6.07, 6.45) is 2.29. The van der Waals surface area contributed by atoms with Gasteiger partial charge in [0, 0.05) is 23.4 Å². The van der Waals surface area contributed by atoms with Gasteiger partial charge in [0.15, 0.2) is 0 Å². The minimum Gasteiger partial charge on any atom is -0.268 e. The SMILES string of the molecule is Cc1cccc(-c2nn3c(c2-c2ccc4ncsc4c2)CCC3)c1. The van der Waals surface area contributed by atoms with Crippen molar-refractivity contribution in [1.82, 2.24) is 14.8 Å².